The lowest BCUT2D eigenvalue weighted by atomic mass is 10.1. The molecule has 7 nitrogen and oxygen atoms in total. The zero-order valence-electron chi connectivity index (χ0n) is 16.7. The molecule has 3 rings (SSSR count). The number of hydrogen-bond donors (Lipinski definition) is 1. The third-order valence-corrected chi connectivity index (χ3v) is 5.30. The van der Waals surface area contributed by atoms with E-state index in [1.165, 1.54) is 11.3 Å². The van der Waals surface area contributed by atoms with Gasteiger partial charge in [0.25, 0.3) is 0 Å². The van der Waals surface area contributed by atoms with Crippen molar-refractivity contribution in [1.82, 2.24) is 9.97 Å². The molecule has 0 amide bonds. The summed E-state index contributed by atoms with van der Waals surface area (Å²) in [5.74, 6) is -0.222. The van der Waals surface area contributed by atoms with E-state index >= 15 is 0 Å². The highest BCUT2D eigenvalue weighted by molar-refractivity contribution is 7.13. The van der Waals surface area contributed by atoms with E-state index < -0.39 is 11.9 Å². The van der Waals surface area contributed by atoms with E-state index in [4.69, 9.17) is 14.2 Å². The minimum absolute atomic E-state index is 0.0459. The summed E-state index contributed by atoms with van der Waals surface area (Å²) in [5, 5.41) is 2.69. The molecule has 0 aliphatic heterocycles. The lowest BCUT2D eigenvalue weighted by Gasteiger charge is -2.04. The molecule has 152 valence electrons. The summed E-state index contributed by atoms with van der Waals surface area (Å²) in [6.07, 6.45) is 0. The van der Waals surface area contributed by atoms with Crippen LogP contribution in [0.25, 0.3) is 10.6 Å². The van der Waals surface area contributed by atoms with Crippen LogP contribution in [0.4, 0.5) is 0 Å². The van der Waals surface area contributed by atoms with Gasteiger partial charge in [0.1, 0.15) is 23.1 Å². The van der Waals surface area contributed by atoms with Crippen LogP contribution in [-0.4, -0.2) is 35.6 Å². The fraction of sp³-hybridized carbons (Fsp3) is 0.286. The second-order valence-corrected chi connectivity index (χ2v) is 7.15. The summed E-state index contributed by atoms with van der Waals surface area (Å²) < 4.78 is 15.6. The molecule has 0 fully saturated rings. The van der Waals surface area contributed by atoms with Crippen LogP contribution >= 0.6 is 11.3 Å². The Morgan fingerprint density at radius 1 is 1.10 bits per heavy atom. The monoisotopic (exact) mass is 414 g/mol. The van der Waals surface area contributed by atoms with Crippen LogP contribution < -0.4 is 4.74 Å². The number of aryl methyl sites for hydroxylation is 1. The number of methoxy groups -OCH3 is 1. The number of rotatable bonds is 7. The highest BCUT2D eigenvalue weighted by Gasteiger charge is 2.24. The van der Waals surface area contributed by atoms with Crippen molar-refractivity contribution in [2.24, 2.45) is 0 Å². The topological polar surface area (TPSA) is 90.5 Å². The van der Waals surface area contributed by atoms with Crippen LogP contribution in [0.1, 0.15) is 44.7 Å². The summed E-state index contributed by atoms with van der Waals surface area (Å²) in [6, 6.07) is 7.60. The van der Waals surface area contributed by atoms with E-state index in [9.17, 15) is 9.59 Å². The number of hydrogen-bond acceptors (Lipinski definition) is 7. The summed E-state index contributed by atoms with van der Waals surface area (Å²) in [5.41, 5.74) is 3.32. The predicted molar refractivity (Wildman–Crippen MR) is 109 cm³/mol. The maximum atomic E-state index is 12.6. The molecule has 0 aliphatic rings. The number of benzene rings is 1. The number of esters is 2. The molecule has 0 unspecified atom stereocenters. The molecule has 0 aliphatic carbocycles. The van der Waals surface area contributed by atoms with Crippen molar-refractivity contribution < 1.29 is 23.8 Å². The van der Waals surface area contributed by atoms with Crippen molar-refractivity contribution in [3.8, 4) is 16.3 Å². The molecule has 0 saturated heterocycles. The summed E-state index contributed by atoms with van der Waals surface area (Å²) in [4.78, 5) is 32.0. The first-order valence-electron chi connectivity index (χ1n) is 9.06. The standard InChI is InChI=1S/C21H22N2O5S/c1-5-27-21(25)18-12(2)17(13(3)22-18)20(24)28-10-15-11-29-19(23-15)14-6-8-16(26-4)9-7-14/h6-9,11,22H,5,10H2,1-4H3. The van der Waals surface area contributed by atoms with E-state index in [0.29, 0.717) is 22.5 Å². The number of carbonyl (C=O) groups is 2. The van der Waals surface area contributed by atoms with Gasteiger partial charge in [-0.25, -0.2) is 14.6 Å². The molecular weight excluding hydrogens is 392 g/mol. The number of ether oxygens (including phenoxy) is 3. The van der Waals surface area contributed by atoms with Gasteiger partial charge in [-0.2, -0.15) is 0 Å². The van der Waals surface area contributed by atoms with Crippen molar-refractivity contribution in [3.63, 3.8) is 0 Å². The quantitative estimate of drug-likeness (QED) is 0.580. The Hall–Kier alpha value is -3.13. The Labute approximate surface area is 172 Å². The number of thiazole rings is 1. The summed E-state index contributed by atoms with van der Waals surface area (Å²) in [6.45, 7) is 5.45. The number of nitrogens with one attached hydrogen (secondary N) is 1. The van der Waals surface area contributed by atoms with Crippen molar-refractivity contribution >= 4 is 23.3 Å². The number of nitrogens with zero attached hydrogens (tertiary/aromatic N) is 1. The van der Waals surface area contributed by atoms with Crippen LogP contribution in [0.15, 0.2) is 29.6 Å². The van der Waals surface area contributed by atoms with E-state index in [0.717, 1.165) is 16.3 Å². The first-order valence-corrected chi connectivity index (χ1v) is 9.94. The van der Waals surface area contributed by atoms with Crippen molar-refractivity contribution in [3.05, 3.63) is 57.9 Å². The average molecular weight is 414 g/mol. The molecule has 0 atom stereocenters. The lowest BCUT2D eigenvalue weighted by molar-refractivity contribution is 0.0467. The Morgan fingerprint density at radius 3 is 2.48 bits per heavy atom. The Bertz CT molecular complexity index is 1020. The SMILES string of the molecule is CCOC(=O)c1[nH]c(C)c(C(=O)OCc2csc(-c3ccc(OC)cc3)n2)c1C. The maximum absolute atomic E-state index is 12.6. The molecule has 0 spiro atoms. The van der Waals surface area contributed by atoms with Gasteiger partial charge in [-0.3, -0.25) is 0 Å². The molecule has 2 heterocycles. The zero-order valence-corrected chi connectivity index (χ0v) is 17.5. The maximum Gasteiger partial charge on any atom is 0.355 e. The summed E-state index contributed by atoms with van der Waals surface area (Å²) >= 11 is 1.47. The van der Waals surface area contributed by atoms with Crippen LogP contribution in [0, 0.1) is 13.8 Å². The van der Waals surface area contributed by atoms with Crippen LogP contribution in [-0.2, 0) is 16.1 Å². The Balaban J connectivity index is 1.68. The first kappa shape index (κ1) is 20.6. The molecule has 29 heavy (non-hydrogen) atoms. The van der Waals surface area contributed by atoms with Crippen LogP contribution in [0.5, 0.6) is 5.75 Å². The number of aromatic amines is 1. The normalized spacial score (nSPS) is 10.6. The van der Waals surface area contributed by atoms with Gasteiger partial charge < -0.3 is 19.2 Å². The third-order valence-electron chi connectivity index (χ3n) is 4.36. The number of H-pyrrole nitrogens is 1. The first-order chi connectivity index (χ1) is 13.9. The van der Waals surface area contributed by atoms with Crippen molar-refractivity contribution in [2.75, 3.05) is 13.7 Å². The van der Waals surface area contributed by atoms with Gasteiger partial charge in [-0.05, 0) is 50.6 Å². The number of carbonyl (C=O) groups excluding carboxylic acids is 2. The molecule has 0 radical (unpaired) electrons. The minimum Gasteiger partial charge on any atom is -0.497 e. The molecule has 1 N–H and O–H groups in total. The minimum atomic E-state index is -0.509. The van der Waals surface area contributed by atoms with E-state index in [1.54, 1.807) is 27.9 Å². The van der Waals surface area contributed by atoms with Crippen molar-refractivity contribution in [1.29, 1.82) is 0 Å². The number of aromatic nitrogens is 2. The van der Waals surface area contributed by atoms with Crippen LogP contribution in [0.3, 0.4) is 0 Å². The molecule has 8 heteroatoms. The van der Waals surface area contributed by atoms with Gasteiger partial charge >= 0.3 is 11.9 Å². The highest BCUT2D eigenvalue weighted by Crippen LogP contribution is 2.26. The highest BCUT2D eigenvalue weighted by atomic mass is 32.1. The largest absolute Gasteiger partial charge is 0.497 e. The Kier molecular flexibility index (Phi) is 6.33. The molecule has 2 aromatic heterocycles. The fourth-order valence-corrected chi connectivity index (χ4v) is 3.73. The molecule has 3 aromatic rings. The van der Waals surface area contributed by atoms with E-state index in [1.807, 2.05) is 29.6 Å². The lowest BCUT2D eigenvalue weighted by Crippen LogP contribution is -2.09. The molecule has 0 bridgehead atoms. The zero-order chi connectivity index (χ0) is 21.0. The Morgan fingerprint density at radius 2 is 1.83 bits per heavy atom. The van der Waals surface area contributed by atoms with Crippen molar-refractivity contribution in [2.45, 2.75) is 27.4 Å². The molecule has 0 saturated carbocycles. The second kappa shape index (κ2) is 8.91. The second-order valence-electron chi connectivity index (χ2n) is 6.29. The average Bonchev–Trinajstić information content (AvgIpc) is 3.31. The van der Waals surface area contributed by atoms with Gasteiger partial charge in [0.05, 0.1) is 25.0 Å². The van der Waals surface area contributed by atoms with Gasteiger partial charge in [0, 0.05) is 16.6 Å². The predicted octanol–water partition coefficient (Wildman–Crippen LogP) is 4.30. The van der Waals surface area contributed by atoms with Crippen LogP contribution in [0.2, 0.25) is 0 Å². The van der Waals surface area contributed by atoms with Gasteiger partial charge in [0.15, 0.2) is 0 Å². The third kappa shape index (κ3) is 4.48. The fourth-order valence-electron chi connectivity index (χ4n) is 2.91. The van der Waals surface area contributed by atoms with Gasteiger partial charge in [-0.15, -0.1) is 11.3 Å². The van der Waals surface area contributed by atoms with E-state index in [-0.39, 0.29) is 18.9 Å². The summed E-state index contributed by atoms with van der Waals surface area (Å²) in [7, 11) is 1.62. The van der Waals surface area contributed by atoms with E-state index in [2.05, 4.69) is 9.97 Å². The van der Waals surface area contributed by atoms with Gasteiger partial charge in [0.2, 0.25) is 0 Å². The smallest absolute Gasteiger partial charge is 0.355 e. The van der Waals surface area contributed by atoms with Gasteiger partial charge in [-0.1, -0.05) is 0 Å². The molecular formula is C21H22N2O5S. The molecule has 1 aromatic carbocycles.